The molecule has 1 aromatic carbocycles. The lowest BCUT2D eigenvalue weighted by Gasteiger charge is -2.32. The van der Waals surface area contributed by atoms with Gasteiger partial charge in [0.1, 0.15) is 5.54 Å². The number of fused-ring (bicyclic) bond motifs is 1. The molecule has 0 radical (unpaired) electrons. The molecule has 6 nitrogen and oxygen atoms in total. The molecule has 29 heavy (non-hydrogen) atoms. The number of likely N-dealkylation sites (tertiary alicyclic amines) is 1. The number of carboxylic acid groups (broad SMARTS) is 1. The molecule has 2 aliphatic heterocycles. The van der Waals surface area contributed by atoms with Crippen molar-refractivity contribution in [1.82, 2.24) is 10.2 Å². The Bertz CT molecular complexity index is 928. The normalized spacial score (nSPS) is 28.9. The largest absolute Gasteiger partial charge is 0.480 e. The zero-order valence-electron chi connectivity index (χ0n) is 16.4. The van der Waals surface area contributed by atoms with E-state index in [2.05, 4.69) is 5.32 Å². The summed E-state index contributed by atoms with van der Waals surface area (Å²) >= 11 is 1.47. The fourth-order valence-electron chi connectivity index (χ4n) is 4.81. The molecule has 0 spiro atoms. The average molecular weight is 413 g/mol. The third-order valence-electron chi connectivity index (χ3n) is 5.89. The van der Waals surface area contributed by atoms with E-state index in [0.717, 1.165) is 10.4 Å². The van der Waals surface area contributed by atoms with Crippen LogP contribution >= 0.6 is 11.3 Å². The van der Waals surface area contributed by atoms with Crippen LogP contribution in [-0.2, 0) is 20.9 Å². The first-order valence-corrected chi connectivity index (χ1v) is 10.7. The summed E-state index contributed by atoms with van der Waals surface area (Å²) in [4.78, 5) is 41.4. The summed E-state index contributed by atoms with van der Waals surface area (Å²) in [7, 11) is 0. The second kappa shape index (κ2) is 7.39. The van der Waals surface area contributed by atoms with Crippen LogP contribution in [0.1, 0.15) is 36.8 Å². The number of imide groups is 1. The number of nitrogens with one attached hydrogen (secondary N) is 1. The molecule has 7 heteroatoms. The number of carbonyl (C=O) groups excluding carboxylic acids is 2. The second-order valence-corrected chi connectivity index (χ2v) is 9.24. The Hall–Kier alpha value is -2.51. The molecule has 2 aromatic rings. The maximum Gasteiger partial charge on any atom is 0.324 e. The Morgan fingerprint density at radius 3 is 2.48 bits per heavy atom. The number of hydrogen-bond donors (Lipinski definition) is 2. The van der Waals surface area contributed by atoms with Crippen molar-refractivity contribution >= 4 is 29.1 Å². The zero-order chi connectivity index (χ0) is 20.8. The van der Waals surface area contributed by atoms with Gasteiger partial charge in [-0.15, -0.1) is 11.3 Å². The van der Waals surface area contributed by atoms with E-state index in [1.54, 1.807) is 0 Å². The fourth-order valence-corrected chi connectivity index (χ4v) is 5.64. The summed E-state index contributed by atoms with van der Waals surface area (Å²) in [6.07, 6.45) is 0.281. The topological polar surface area (TPSA) is 86.7 Å². The summed E-state index contributed by atoms with van der Waals surface area (Å²) in [5.41, 5.74) is -0.606. The van der Waals surface area contributed by atoms with Crippen molar-refractivity contribution < 1.29 is 19.5 Å². The van der Waals surface area contributed by atoms with Gasteiger partial charge in [0.15, 0.2) is 0 Å². The molecule has 4 rings (SSSR count). The van der Waals surface area contributed by atoms with Gasteiger partial charge in [0.25, 0.3) is 0 Å². The Kier molecular flexibility index (Phi) is 5.04. The maximum atomic E-state index is 13.4. The van der Waals surface area contributed by atoms with Crippen molar-refractivity contribution in [3.05, 3.63) is 58.3 Å². The summed E-state index contributed by atoms with van der Waals surface area (Å²) in [6, 6.07) is 12.6. The third-order valence-corrected chi connectivity index (χ3v) is 6.85. The van der Waals surface area contributed by atoms with Crippen LogP contribution in [-0.4, -0.2) is 33.3 Å². The molecule has 3 heterocycles. The highest BCUT2D eigenvalue weighted by molar-refractivity contribution is 7.10. The Morgan fingerprint density at radius 1 is 1.17 bits per heavy atom. The van der Waals surface area contributed by atoms with Crippen molar-refractivity contribution in [2.24, 2.45) is 17.8 Å². The van der Waals surface area contributed by atoms with Gasteiger partial charge in [0, 0.05) is 4.88 Å². The number of hydrogen-bond acceptors (Lipinski definition) is 5. The predicted octanol–water partition coefficient (Wildman–Crippen LogP) is 3.06. The first-order valence-electron chi connectivity index (χ1n) is 9.79. The molecule has 4 atom stereocenters. The summed E-state index contributed by atoms with van der Waals surface area (Å²) in [6.45, 7) is 4.03. The molecular formula is C22H24N2O4S. The average Bonchev–Trinajstić information content (AvgIpc) is 3.37. The van der Waals surface area contributed by atoms with Crippen LogP contribution in [0, 0.1) is 17.8 Å². The van der Waals surface area contributed by atoms with E-state index in [1.165, 1.54) is 16.2 Å². The van der Waals surface area contributed by atoms with Gasteiger partial charge in [-0.2, -0.15) is 0 Å². The fraction of sp³-hybridized carbons (Fsp3) is 0.409. The molecule has 152 valence electrons. The van der Waals surface area contributed by atoms with E-state index in [-0.39, 0.29) is 24.8 Å². The molecule has 2 fully saturated rings. The molecule has 4 unspecified atom stereocenters. The van der Waals surface area contributed by atoms with Crippen molar-refractivity contribution in [3.63, 3.8) is 0 Å². The molecule has 2 N–H and O–H groups in total. The Balaban J connectivity index is 1.77. The van der Waals surface area contributed by atoms with Crippen LogP contribution in [0.2, 0.25) is 0 Å². The molecule has 2 aliphatic rings. The van der Waals surface area contributed by atoms with Gasteiger partial charge in [-0.05, 0) is 29.3 Å². The molecule has 2 amide bonds. The van der Waals surface area contributed by atoms with Crippen molar-refractivity contribution in [3.8, 4) is 0 Å². The minimum Gasteiger partial charge on any atom is -0.480 e. The number of amides is 2. The first-order chi connectivity index (χ1) is 13.8. The molecule has 1 aromatic heterocycles. The highest BCUT2D eigenvalue weighted by Gasteiger charge is 2.68. The summed E-state index contributed by atoms with van der Waals surface area (Å²) in [5, 5.41) is 15.3. The number of aliphatic carboxylic acids is 1. The minimum absolute atomic E-state index is 0.0485. The third kappa shape index (κ3) is 3.18. The van der Waals surface area contributed by atoms with Gasteiger partial charge >= 0.3 is 5.97 Å². The van der Waals surface area contributed by atoms with Gasteiger partial charge in [0.2, 0.25) is 11.8 Å². The minimum atomic E-state index is -1.45. The smallest absolute Gasteiger partial charge is 0.324 e. The van der Waals surface area contributed by atoms with Gasteiger partial charge in [0.05, 0.1) is 24.4 Å². The van der Waals surface area contributed by atoms with E-state index in [4.69, 9.17) is 0 Å². The van der Waals surface area contributed by atoms with Crippen molar-refractivity contribution in [1.29, 1.82) is 0 Å². The van der Waals surface area contributed by atoms with E-state index in [0.29, 0.717) is 0 Å². The van der Waals surface area contributed by atoms with Crippen LogP contribution in [0.5, 0.6) is 0 Å². The van der Waals surface area contributed by atoms with Gasteiger partial charge in [-0.1, -0.05) is 50.2 Å². The van der Waals surface area contributed by atoms with Crippen LogP contribution in [0.15, 0.2) is 47.8 Å². The van der Waals surface area contributed by atoms with Crippen molar-refractivity contribution in [2.45, 2.75) is 38.4 Å². The van der Waals surface area contributed by atoms with E-state index < -0.39 is 35.3 Å². The SMILES string of the molecule is CC(C)CC1(C(=O)O)NC(c2cccs2)C2C(=O)N(Cc3ccccc3)C(=O)C21. The highest BCUT2D eigenvalue weighted by Crippen LogP contribution is 2.51. The van der Waals surface area contributed by atoms with Crippen LogP contribution in [0.25, 0.3) is 0 Å². The van der Waals surface area contributed by atoms with E-state index in [9.17, 15) is 19.5 Å². The van der Waals surface area contributed by atoms with Crippen LogP contribution in [0.4, 0.5) is 0 Å². The van der Waals surface area contributed by atoms with E-state index in [1.807, 2.05) is 61.7 Å². The molecule has 2 saturated heterocycles. The lowest BCUT2D eigenvalue weighted by atomic mass is 9.75. The number of benzene rings is 1. The lowest BCUT2D eigenvalue weighted by molar-refractivity contribution is -0.152. The van der Waals surface area contributed by atoms with Gasteiger partial charge in [-0.25, -0.2) is 0 Å². The van der Waals surface area contributed by atoms with Crippen molar-refractivity contribution in [2.75, 3.05) is 0 Å². The molecular weight excluding hydrogens is 388 g/mol. The summed E-state index contributed by atoms with van der Waals surface area (Å²) < 4.78 is 0. The maximum absolute atomic E-state index is 13.4. The summed E-state index contributed by atoms with van der Waals surface area (Å²) in [5.74, 6) is -3.32. The Labute approximate surface area is 173 Å². The van der Waals surface area contributed by atoms with Crippen LogP contribution < -0.4 is 5.32 Å². The predicted molar refractivity (Wildman–Crippen MR) is 109 cm³/mol. The van der Waals surface area contributed by atoms with Gasteiger partial charge in [-0.3, -0.25) is 24.6 Å². The van der Waals surface area contributed by atoms with Crippen LogP contribution in [0.3, 0.4) is 0 Å². The number of rotatable bonds is 6. The standard InChI is InChI=1S/C22H24N2O4S/c1-13(2)11-22(21(27)28)17-16(18(23-22)15-9-6-10-29-15)19(25)24(20(17)26)12-14-7-4-3-5-8-14/h3-10,13,16-18,23H,11-12H2,1-2H3,(H,27,28). The number of carbonyl (C=O) groups is 3. The van der Waals surface area contributed by atoms with E-state index >= 15 is 0 Å². The number of nitrogens with zero attached hydrogens (tertiary/aromatic N) is 1. The number of thiophene rings is 1. The zero-order valence-corrected chi connectivity index (χ0v) is 17.2. The highest BCUT2D eigenvalue weighted by atomic mass is 32.1. The molecule has 0 aliphatic carbocycles. The second-order valence-electron chi connectivity index (χ2n) is 8.26. The van der Waals surface area contributed by atoms with Gasteiger partial charge < -0.3 is 5.11 Å². The number of carboxylic acids is 1. The Morgan fingerprint density at radius 2 is 1.90 bits per heavy atom. The monoisotopic (exact) mass is 412 g/mol. The first kappa shape index (κ1) is 19.8. The molecule has 0 bridgehead atoms. The lowest BCUT2D eigenvalue weighted by Crippen LogP contribution is -2.56. The molecule has 0 saturated carbocycles. The quantitative estimate of drug-likeness (QED) is 0.712.